The summed E-state index contributed by atoms with van der Waals surface area (Å²) < 4.78 is 37.7. The molecule has 1 atom stereocenters. The van der Waals surface area contributed by atoms with Crippen molar-refractivity contribution in [2.24, 2.45) is 0 Å². The Kier molecular flexibility index (Phi) is 3.61. The molecule has 0 saturated carbocycles. The highest BCUT2D eigenvalue weighted by molar-refractivity contribution is 6.09. The zero-order chi connectivity index (χ0) is 14.9. The molecular weight excluding hydrogens is 269 g/mol. The Hall–Kier alpha value is -2.17. The lowest BCUT2D eigenvalue weighted by Gasteiger charge is -2.15. The lowest BCUT2D eigenvalue weighted by molar-refractivity contribution is -0.173. The lowest BCUT2D eigenvalue weighted by atomic mass is 9.89. The van der Waals surface area contributed by atoms with Crippen molar-refractivity contribution in [3.63, 3.8) is 0 Å². The van der Waals surface area contributed by atoms with Crippen LogP contribution in [0.3, 0.4) is 0 Å². The maximum Gasteiger partial charge on any atom is 0.451 e. The van der Waals surface area contributed by atoms with E-state index in [2.05, 4.69) is 0 Å². The second-order valence-corrected chi connectivity index (χ2v) is 4.51. The molecule has 20 heavy (non-hydrogen) atoms. The Morgan fingerprint density at radius 3 is 2.15 bits per heavy atom. The minimum absolute atomic E-state index is 0.0681. The third kappa shape index (κ3) is 2.71. The van der Waals surface area contributed by atoms with Crippen LogP contribution in [0.4, 0.5) is 13.2 Å². The molecule has 0 fully saturated rings. The number of alkyl halides is 3. The molecule has 0 spiro atoms. The summed E-state index contributed by atoms with van der Waals surface area (Å²) in [4.78, 5) is 22.8. The van der Waals surface area contributed by atoms with Crippen LogP contribution >= 0.6 is 0 Å². The maximum absolute atomic E-state index is 12.6. The molecule has 0 amide bonds. The number of halogens is 3. The number of hydrogen-bond acceptors (Lipinski definition) is 2. The first kappa shape index (κ1) is 14.2. The molecule has 0 saturated heterocycles. The molecule has 1 unspecified atom stereocenters. The average molecular weight is 280 g/mol. The number of rotatable bonds is 3. The highest BCUT2D eigenvalue weighted by Crippen LogP contribution is 2.30. The Balaban J connectivity index is 2.52. The van der Waals surface area contributed by atoms with E-state index in [-0.39, 0.29) is 5.56 Å². The molecule has 2 aromatic carbocycles. The lowest BCUT2D eigenvalue weighted by Crippen LogP contribution is -2.32. The van der Waals surface area contributed by atoms with Gasteiger partial charge in [0.25, 0.3) is 5.78 Å². The van der Waals surface area contributed by atoms with Gasteiger partial charge in [0.1, 0.15) is 11.7 Å². The molecule has 0 heterocycles. The molecule has 0 aliphatic carbocycles. The van der Waals surface area contributed by atoms with E-state index in [1.54, 1.807) is 30.3 Å². The van der Waals surface area contributed by atoms with Crippen molar-refractivity contribution < 1.29 is 22.8 Å². The summed E-state index contributed by atoms with van der Waals surface area (Å²) in [5, 5.41) is 1.52. The summed E-state index contributed by atoms with van der Waals surface area (Å²) in [5.74, 6) is -4.64. The molecule has 0 aromatic heterocycles. The molecule has 0 N–H and O–H groups in total. The summed E-state index contributed by atoms with van der Waals surface area (Å²) in [6, 6.07) is 11.5. The number of carbonyl (C=O) groups excluding carboxylic acids is 2. The van der Waals surface area contributed by atoms with Gasteiger partial charge in [-0.3, -0.25) is 9.59 Å². The van der Waals surface area contributed by atoms with E-state index in [0.717, 1.165) is 12.3 Å². The van der Waals surface area contributed by atoms with Gasteiger partial charge in [0, 0.05) is 0 Å². The Labute approximate surface area is 113 Å². The Morgan fingerprint density at radius 2 is 1.60 bits per heavy atom. The first-order chi connectivity index (χ1) is 9.30. The first-order valence-electron chi connectivity index (χ1n) is 5.91. The van der Waals surface area contributed by atoms with Crippen LogP contribution in [0.1, 0.15) is 18.4 Å². The summed E-state index contributed by atoms with van der Waals surface area (Å²) in [6.07, 6.45) is -5.03. The molecular formula is C15H11F3O2. The fourth-order valence-electron chi connectivity index (χ4n) is 2.12. The van der Waals surface area contributed by atoms with Crippen LogP contribution in [-0.4, -0.2) is 17.7 Å². The number of Topliss-reactive ketones (excluding diaryl/α,β-unsaturated/α-hetero) is 2. The van der Waals surface area contributed by atoms with Gasteiger partial charge < -0.3 is 0 Å². The highest BCUT2D eigenvalue weighted by Gasteiger charge is 2.45. The molecule has 0 aliphatic heterocycles. The number of hydrogen-bond donors (Lipinski definition) is 0. The molecule has 2 nitrogen and oxygen atoms in total. The van der Waals surface area contributed by atoms with Crippen molar-refractivity contribution in [1.82, 2.24) is 0 Å². The second kappa shape index (κ2) is 5.07. The van der Waals surface area contributed by atoms with Gasteiger partial charge in [-0.25, -0.2) is 0 Å². The van der Waals surface area contributed by atoms with Gasteiger partial charge in [-0.15, -0.1) is 0 Å². The number of ketones is 2. The van der Waals surface area contributed by atoms with Gasteiger partial charge in [0.15, 0.2) is 0 Å². The van der Waals surface area contributed by atoms with Gasteiger partial charge in [-0.2, -0.15) is 13.2 Å². The van der Waals surface area contributed by atoms with Crippen LogP contribution in [-0.2, 0) is 9.59 Å². The van der Waals surface area contributed by atoms with Crippen molar-refractivity contribution in [2.45, 2.75) is 19.0 Å². The number of fused-ring (bicyclic) bond motifs is 1. The SMILES string of the molecule is CC(=O)C(C(=O)C(F)(F)F)c1ccc2ccccc2c1. The van der Waals surface area contributed by atoms with E-state index in [0.29, 0.717) is 5.39 Å². The largest absolute Gasteiger partial charge is 0.451 e. The minimum atomic E-state index is -5.03. The van der Waals surface area contributed by atoms with Gasteiger partial charge in [-0.05, 0) is 29.3 Å². The second-order valence-electron chi connectivity index (χ2n) is 4.51. The zero-order valence-electron chi connectivity index (χ0n) is 10.6. The molecule has 5 heteroatoms. The van der Waals surface area contributed by atoms with E-state index in [4.69, 9.17) is 0 Å². The monoisotopic (exact) mass is 280 g/mol. The van der Waals surface area contributed by atoms with Crippen molar-refractivity contribution in [2.75, 3.05) is 0 Å². The van der Waals surface area contributed by atoms with Crippen LogP contribution in [0.2, 0.25) is 0 Å². The van der Waals surface area contributed by atoms with Crippen molar-refractivity contribution >= 4 is 22.3 Å². The fourth-order valence-corrected chi connectivity index (χ4v) is 2.12. The Bertz CT molecular complexity index is 674. The first-order valence-corrected chi connectivity index (χ1v) is 5.91. The topological polar surface area (TPSA) is 34.1 Å². The summed E-state index contributed by atoms with van der Waals surface area (Å²) in [7, 11) is 0. The van der Waals surface area contributed by atoms with Crippen LogP contribution in [0.15, 0.2) is 42.5 Å². The predicted octanol–water partition coefficient (Wildman–Crippen LogP) is 3.64. The van der Waals surface area contributed by atoms with Crippen LogP contribution in [0.5, 0.6) is 0 Å². The van der Waals surface area contributed by atoms with Gasteiger partial charge in [0.05, 0.1) is 0 Å². The third-order valence-corrected chi connectivity index (χ3v) is 3.05. The van der Waals surface area contributed by atoms with Crippen LogP contribution in [0, 0.1) is 0 Å². The van der Waals surface area contributed by atoms with E-state index in [1.807, 2.05) is 0 Å². The van der Waals surface area contributed by atoms with E-state index in [1.165, 1.54) is 12.1 Å². The van der Waals surface area contributed by atoms with Crippen LogP contribution < -0.4 is 0 Å². The standard InChI is InChI=1S/C15H11F3O2/c1-9(19)13(14(20)15(16,17)18)12-7-6-10-4-2-3-5-11(10)8-12/h2-8,13H,1H3. The molecule has 0 radical (unpaired) electrons. The average Bonchev–Trinajstić information content (AvgIpc) is 2.37. The quantitative estimate of drug-likeness (QED) is 0.804. The minimum Gasteiger partial charge on any atom is -0.299 e. The molecule has 0 bridgehead atoms. The molecule has 2 aromatic rings. The number of carbonyl (C=O) groups is 2. The number of benzene rings is 2. The maximum atomic E-state index is 12.6. The summed E-state index contributed by atoms with van der Waals surface area (Å²) >= 11 is 0. The third-order valence-electron chi connectivity index (χ3n) is 3.05. The van der Waals surface area contributed by atoms with Crippen molar-refractivity contribution in [3.05, 3.63) is 48.0 Å². The van der Waals surface area contributed by atoms with Gasteiger partial charge in [0.2, 0.25) is 0 Å². The van der Waals surface area contributed by atoms with Gasteiger partial charge >= 0.3 is 6.18 Å². The molecule has 2 rings (SSSR count). The van der Waals surface area contributed by atoms with Crippen molar-refractivity contribution in [1.29, 1.82) is 0 Å². The van der Waals surface area contributed by atoms with Crippen molar-refractivity contribution in [3.8, 4) is 0 Å². The fraction of sp³-hybridized carbons (Fsp3) is 0.200. The highest BCUT2D eigenvalue weighted by atomic mass is 19.4. The van der Waals surface area contributed by atoms with E-state index < -0.39 is 23.7 Å². The summed E-state index contributed by atoms with van der Waals surface area (Å²) in [6.45, 7) is 0.990. The zero-order valence-corrected chi connectivity index (χ0v) is 10.6. The summed E-state index contributed by atoms with van der Waals surface area (Å²) in [5.41, 5.74) is 0.0681. The predicted molar refractivity (Wildman–Crippen MR) is 68.4 cm³/mol. The van der Waals surface area contributed by atoms with Crippen LogP contribution in [0.25, 0.3) is 10.8 Å². The Morgan fingerprint density at radius 1 is 1.00 bits per heavy atom. The normalized spacial score (nSPS) is 13.2. The van der Waals surface area contributed by atoms with E-state index >= 15 is 0 Å². The van der Waals surface area contributed by atoms with Gasteiger partial charge in [-0.1, -0.05) is 36.4 Å². The molecule has 0 aliphatic rings. The van der Waals surface area contributed by atoms with E-state index in [9.17, 15) is 22.8 Å². The smallest absolute Gasteiger partial charge is 0.299 e. The molecule has 104 valence electrons.